The molecule has 1 fully saturated rings. The fourth-order valence-corrected chi connectivity index (χ4v) is 2.61. The van der Waals surface area contributed by atoms with Gasteiger partial charge in [0.05, 0.1) is 23.4 Å². The average molecular weight is 271 g/mol. The molecule has 1 saturated heterocycles. The number of thiazole rings is 1. The number of amides is 1. The zero-order valence-corrected chi connectivity index (χ0v) is 11.0. The number of hydrogen-bond donors (Lipinski definition) is 2. The van der Waals surface area contributed by atoms with Gasteiger partial charge in [0.15, 0.2) is 0 Å². The largest absolute Gasteiger partial charge is 0.390 e. The van der Waals surface area contributed by atoms with Crippen LogP contribution >= 0.6 is 11.3 Å². The Bertz CT molecular complexity index is 385. The molecule has 2 N–H and O–H groups in total. The van der Waals surface area contributed by atoms with Gasteiger partial charge in [-0.25, -0.2) is 4.98 Å². The lowest BCUT2D eigenvalue weighted by molar-refractivity contribution is -0.125. The molecule has 1 aromatic heterocycles. The molecular weight excluding hydrogens is 254 g/mol. The second-order valence-corrected chi connectivity index (χ2v) is 5.07. The van der Waals surface area contributed by atoms with Gasteiger partial charge >= 0.3 is 0 Å². The summed E-state index contributed by atoms with van der Waals surface area (Å²) in [4.78, 5) is 17.7. The first-order valence-corrected chi connectivity index (χ1v) is 6.69. The molecule has 1 aromatic rings. The summed E-state index contributed by atoms with van der Waals surface area (Å²) < 4.78 is 4.75. The van der Waals surface area contributed by atoms with Gasteiger partial charge in [-0.05, 0) is 0 Å². The highest BCUT2D eigenvalue weighted by molar-refractivity contribution is 7.07. The molecule has 2 atom stereocenters. The Morgan fingerprint density at radius 3 is 3.22 bits per heavy atom. The number of β-amino-alcohol motifs (C(OH)–C–C–N with tert-alkyl or cyclic N) is 1. The van der Waals surface area contributed by atoms with E-state index in [0.717, 1.165) is 5.69 Å². The van der Waals surface area contributed by atoms with Crippen LogP contribution in [-0.4, -0.2) is 59.8 Å². The van der Waals surface area contributed by atoms with Gasteiger partial charge in [-0.1, -0.05) is 0 Å². The van der Waals surface area contributed by atoms with Gasteiger partial charge < -0.3 is 15.2 Å². The highest BCUT2D eigenvalue weighted by Crippen LogP contribution is 2.14. The van der Waals surface area contributed by atoms with Crippen molar-refractivity contribution in [3.63, 3.8) is 0 Å². The summed E-state index contributed by atoms with van der Waals surface area (Å²) in [7, 11) is 1.47. The molecule has 0 saturated carbocycles. The Hall–Kier alpha value is -1.02. The molecule has 6 nitrogen and oxygen atoms in total. The third kappa shape index (κ3) is 3.49. The van der Waals surface area contributed by atoms with Crippen molar-refractivity contribution in [2.24, 2.45) is 0 Å². The van der Waals surface area contributed by atoms with Crippen LogP contribution in [0.3, 0.4) is 0 Å². The fourth-order valence-electron chi connectivity index (χ4n) is 2.06. The lowest BCUT2D eigenvalue weighted by atomic mass is 10.2. The minimum Gasteiger partial charge on any atom is -0.390 e. The third-order valence-corrected chi connectivity index (χ3v) is 3.49. The van der Waals surface area contributed by atoms with Crippen molar-refractivity contribution in [2.75, 3.05) is 26.8 Å². The Morgan fingerprint density at radius 1 is 1.72 bits per heavy atom. The first kappa shape index (κ1) is 13.4. The van der Waals surface area contributed by atoms with Crippen LogP contribution in [0.25, 0.3) is 0 Å². The predicted molar refractivity (Wildman–Crippen MR) is 67.2 cm³/mol. The smallest absolute Gasteiger partial charge is 0.246 e. The average Bonchev–Trinajstić information content (AvgIpc) is 2.91. The van der Waals surface area contributed by atoms with E-state index in [0.29, 0.717) is 19.6 Å². The van der Waals surface area contributed by atoms with Crippen LogP contribution in [0.1, 0.15) is 5.69 Å². The maximum absolute atomic E-state index is 11.4. The maximum Gasteiger partial charge on any atom is 0.246 e. The van der Waals surface area contributed by atoms with Crippen LogP contribution in [-0.2, 0) is 16.1 Å². The van der Waals surface area contributed by atoms with E-state index in [9.17, 15) is 9.90 Å². The molecule has 18 heavy (non-hydrogen) atoms. The normalized spacial score (nSPS) is 24.3. The van der Waals surface area contributed by atoms with Gasteiger partial charge in [0.2, 0.25) is 5.91 Å². The topological polar surface area (TPSA) is 74.7 Å². The first-order valence-electron chi connectivity index (χ1n) is 5.75. The second-order valence-electron chi connectivity index (χ2n) is 4.35. The van der Waals surface area contributed by atoms with Gasteiger partial charge in [-0.15, -0.1) is 11.3 Å². The molecular formula is C11H17N3O3S. The van der Waals surface area contributed by atoms with Gasteiger partial charge in [-0.2, -0.15) is 0 Å². The van der Waals surface area contributed by atoms with E-state index in [1.807, 2.05) is 5.38 Å². The van der Waals surface area contributed by atoms with Crippen LogP contribution in [0.15, 0.2) is 10.9 Å². The van der Waals surface area contributed by atoms with Gasteiger partial charge in [-0.3, -0.25) is 9.69 Å². The Kier molecular flexibility index (Phi) is 4.65. The summed E-state index contributed by atoms with van der Waals surface area (Å²) in [5.74, 6) is -0.197. The molecule has 2 rings (SSSR count). The van der Waals surface area contributed by atoms with E-state index in [2.05, 4.69) is 15.2 Å². The maximum atomic E-state index is 11.4. The van der Waals surface area contributed by atoms with Crippen molar-refractivity contribution in [3.8, 4) is 0 Å². The minimum atomic E-state index is -0.538. The van der Waals surface area contributed by atoms with E-state index in [4.69, 9.17) is 4.74 Å². The standard InChI is InChI=1S/C11H17N3O3S/c1-17-5-11(16)13-9-3-14(4-10(9)15)2-8-6-18-7-12-8/h6-7,9-10,15H,2-5H2,1H3,(H,13,16)/t9-,10-/m1/s1. The second kappa shape index (κ2) is 6.24. The number of aliphatic hydroxyl groups is 1. The number of rotatable bonds is 5. The molecule has 1 aliphatic rings. The van der Waals surface area contributed by atoms with E-state index in [1.165, 1.54) is 7.11 Å². The number of aliphatic hydroxyl groups excluding tert-OH is 1. The molecule has 0 spiro atoms. The summed E-state index contributed by atoms with van der Waals surface area (Å²) in [6.45, 7) is 1.91. The van der Waals surface area contributed by atoms with E-state index in [1.54, 1.807) is 16.8 Å². The Balaban J connectivity index is 1.83. The highest BCUT2D eigenvalue weighted by atomic mass is 32.1. The summed E-state index contributed by atoms with van der Waals surface area (Å²) >= 11 is 1.56. The van der Waals surface area contributed by atoms with Crippen molar-refractivity contribution >= 4 is 17.2 Å². The number of nitrogens with one attached hydrogen (secondary N) is 1. The Morgan fingerprint density at radius 2 is 2.56 bits per heavy atom. The van der Waals surface area contributed by atoms with Gasteiger partial charge in [0, 0.05) is 32.1 Å². The monoisotopic (exact) mass is 271 g/mol. The van der Waals surface area contributed by atoms with E-state index in [-0.39, 0.29) is 18.6 Å². The molecule has 0 radical (unpaired) electrons. The van der Waals surface area contributed by atoms with Crippen LogP contribution in [0.5, 0.6) is 0 Å². The van der Waals surface area contributed by atoms with Crippen LogP contribution < -0.4 is 5.32 Å². The van der Waals surface area contributed by atoms with Crippen molar-refractivity contribution < 1.29 is 14.6 Å². The highest BCUT2D eigenvalue weighted by Gasteiger charge is 2.32. The van der Waals surface area contributed by atoms with Crippen LogP contribution in [0.2, 0.25) is 0 Å². The number of ether oxygens (including phenoxy) is 1. The number of hydrogen-bond acceptors (Lipinski definition) is 6. The molecule has 7 heteroatoms. The number of carbonyl (C=O) groups is 1. The predicted octanol–water partition coefficient (Wildman–Crippen LogP) is -0.549. The van der Waals surface area contributed by atoms with Crippen molar-refractivity contribution in [3.05, 3.63) is 16.6 Å². The molecule has 2 heterocycles. The minimum absolute atomic E-state index is 0.0231. The SMILES string of the molecule is COCC(=O)N[C@@H]1CN(Cc2cscn2)C[C@H]1O. The summed E-state index contributed by atoms with van der Waals surface area (Å²) in [6.07, 6.45) is -0.538. The zero-order valence-electron chi connectivity index (χ0n) is 10.2. The lowest BCUT2D eigenvalue weighted by Gasteiger charge is -2.15. The first-order chi connectivity index (χ1) is 8.69. The van der Waals surface area contributed by atoms with Gasteiger partial charge in [0.1, 0.15) is 6.61 Å². The van der Waals surface area contributed by atoms with Crippen molar-refractivity contribution in [2.45, 2.75) is 18.7 Å². The van der Waals surface area contributed by atoms with Crippen molar-refractivity contribution in [1.82, 2.24) is 15.2 Å². The summed E-state index contributed by atoms with van der Waals surface area (Å²) in [6, 6.07) is -0.230. The molecule has 1 amide bonds. The van der Waals surface area contributed by atoms with E-state index >= 15 is 0 Å². The molecule has 0 bridgehead atoms. The quantitative estimate of drug-likeness (QED) is 0.752. The molecule has 0 unspecified atom stereocenters. The van der Waals surface area contributed by atoms with Gasteiger partial charge in [0.25, 0.3) is 0 Å². The number of carbonyl (C=O) groups excluding carboxylic acids is 1. The van der Waals surface area contributed by atoms with Crippen LogP contribution in [0.4, 0.5) is 0 Å². The third-order valence-electron chi connectivity index (χ3n) is 2.86. The molecule has 0 aliphatic carbocycles. The number of likely N-dealkylation sites (tertiary alicyclic amines) is 1. The lowest BCUT2D eigenvalue weighted by Crippen LogP contribution is -2.44. The number of methoxy groups -OCH3 is 1. The number of aromatic nitrogens is 1. The summed E-state index contributed by atoms with van der Waals surface area (Å²) in [5, 5.41) is 14.6. The fraction of sp³-hybridized carbons (Fsp3) is 0.636. The van der Waals surface area contributed by atoms with Crippen LogP contribution in [0, 0.1) is 0 Å². The molecule has 100 valence electrons. The zero-order chi connectivity index (χ0) is 13.0. The van der Waals surface area contributed by atoms with E-state index < -0.39 is 6.10 Å². The molecule has 0 aromatic carbocycles. The Labute approximate surface area is 110 Å². The summed E-state index contributed by atoms with van der Waals surface area (Å²) in [5.41, 5.74) is 2.79. The number of nitrogens with zero attached hydrogens (tertiary/aromatic N) is 2. The molecule has 1 aliphatic heterocycles. The van der Waals surface area contributed by atoms with Crippen molar-refractivity contribution in [1.29, 1.82) is 0 Å².